The zero-order valence-electron chi connectivity index (χ0n) is 17.3. The van der Waals surface area contributed by atoms with Crippen molar-refractivity contribution < 1.29 is 4.74 Å². The minimum atomic E-state index is 0. The molecule has 4 heterocycles. The average Bonchev–Trinajstić information content (AvgIpc) is 3.00. The number of nitrogens with one attached hydrogen (secondary N) is 1. The predicted molar refractivity (Wildman–Crippen MR) is 125 cm³/mol. The maximum atomic E-state index is 5.46. The fraction of sp³-hybridized carbons (Fsp3) is 0.455. The molecule has 0 aliphatic carbocycles. The Hall–Kier alpha value is -1.70. The van der Waals surface area contributed by atoms with E-state index in [0.717, 1.165) is 75.8 Å². The molecule has 0 amide bonds. The molecule has 0 atom stereocenters. The molecule has 0 spiro atoms. The van der Waals surface area contributed by atoms with Crippen molar-refractivity contribution in [2.24, 2.45) is 0 Å². The number of hydrogen-bond donors (Lipinski definition) is 1. The van der Waals surface area contributed by atoms with Gasteiger partial charge >= 0.3 is 0 Å². The molecule has 2 aliphatic rings. The van der Waals surface area contributed by atoms with Gasteiger partial charge in [-0.1, -0.05) is 6.07 Å². The molecule has 5 rings (SSSR count). The number of aryl methyl sites for hydroxylation is 2. The molecule has 2 aromatic heterocycles. The SMILES string of the molecule is Cc1cc(-c2cc3n(n2)CCCNC3)nc2ccc(CN3CCOCC3)cc12.Cl.Cl. The van der Waals surface area contributed by atoms with Crippen LogP contribution in [0, 0.1) is 6.92 Å². The molecule has 0 unspecified atom stereocenters. The van der Waals surface area contributed by atoms with Crippen molar-refractivity contribution in [3.05, 3.63) is 47.2 Å². The Morgan fingerprint density at radius 3 is 2.70 bits per heavy atom. The highest BCUT2D eigenvalue weighted by Gasteiger charge is 2.15. The number of aromatic nitrogens is 3. The van der Waals surface area contributed by atoms with Gasteiger partial charge in [0.2, 0.25) is 0 Å². The smallest absolute Gasteiger partial charge is 0.111 e. The van der Waals surface area contributed by atoms with Crippen molar-refractivity contribution in [3.8, 4) is 11.4 Å². The first-order valence-corrected chi connectivity index (χ1v) is 10.2. The number of ether oxygens (including phenoxy) is 1. The number of halogens is 2. The summed E-state index contributed by atoms with van der Waals surface area (Å²) in [5.74, 6) is 0. The predicted octanol–water partition coefficient (Wildman–Crippen LogP) is 3.58. The van der Waals surface area contributed by atoms with E-state index in [4.69, 9.17) is 14.8 Å². The second-order valence-electron chi connectivity index (χ2n) is 7.84. The van der Waals surface area contributed by atoms with E-state index in [1.807, 2.05) is 0 Å². The van der Waals surface area contributed by atoms with Gasteiger partial charge in [-0.05, 0) is 55.3 Å². The Bertz CT molecular complexity index is 977. The first kappa shape index (κ1) is 23.0. The summed E-state index contributed by atoms with van der Waals surface area (Å²) < 4.78 is 7.58. The summed E-state index contributed by atoms with van der Waals surface area (Å²) in [5.41, 5.74) is 6.82. The molecular weight excluding hydrogens is 421 g/mol. The van der Waals surface area contributed by atoms with Crippen LogP contribution in [-0.4, -0.2) is 52.5 Å². The largest absolute Gasteiger partial charge is 0.379 e. The summed E-state index contributed by atoms with van der Waals surface area (Å²) in [6, 6.07) is 11.0. The molecule has 8 heteroatoms. The Morgan fingerprint density at radius 1 is 1.03 bits per heavy atom. The molecule has 1 N–H and O–H groups in total. The van der Waals surface area contributed by atoms with E-state index in [0.29, 0.717) is 0 Å². The number of benzene rings is 1. The summed E-state index contributed by atoms with van der Waals surface area (Å²) in [5, 5.41) is 9.51. The minimum Gasteiger partial charge on any atom is -0.379 e. The fourth-order valence-electron chi connectivity index (χ4n) is 4.18. The van der Waals surface area contributed by atoms with Crippen molar-refractivity contribution in [2.45, 2.75) is 33.0 Å². The summed E-state index contributed by atoms with van der Waals surface area (Å²) >= 11 is 0. The van der Waals surface area contributed by atoms with Crippen LogP contribution in [0.15, 0.2) is 30.3 Å². The fourth-order valence-corrected chi connectivity index (χ4v) is 4.18. The quantitative estimate of drug-likeness (QED) is 0.661. The van der Waals surface area contributed by atoms with Crippen molar-refractivity contribution in [2.75, 3.05) is 32.8 Å². The Kier molecular flexibility index (Phi) is 7.71. The molecule has 162 valence electrons. The standard InChI is InChI=1S/C22H27N5O.2ClH/c1-16-11-21(22-13-18-14-23-5-2-6-27(18)25-22)24-20-4-3-17(12-19(16)20)15-26-7-9-28-10-8-26;;/h3-4,11-13,23H,2,5-10,14-15H2,1H3;2*1H. The number of fused-ring (bicyclic) bond motifs is 2. The van der Waals surface area contributed by atoms with E-state index in [1.165, 1.54) is 22.2 Å². The van der Waals surface area contributed by atoms with Gasteiger partial charge in [0.1, 0.15) is 5.69 Å². The van der Waals surface area contributed by atoms with Gasteiger partial charge in [0.05, 0.1) is 30.1 Å². The lowest BCUT2D eigenvalue weighted by atomic mass is 10.0. The molecule has 6 nitrogen and oxygen atoms in total. The second-order valence-corrected chi connectivity index (χ2v) is 7.84. The van der Waals surface area contributed by atoms with Gasteiger partial charge < -0.3 is 10.1 Å². The molecule has 0 saturated carbocycles. The molecule has 1 fully saturated rings. The molecule has 2 aliphatic heterocycles. The van der Waals surface area contributed by atoms with Crippen LogP contribution in [0.5, 0.6) is 0 Å². The van der Waals surface area contributed by atoms with E-state index in [2.05, 4.69) is 52.2 Å². The summed E-state index contributed by atoms with van der Waals surface area (Å²) in [4.78, 5) is 7.38. The highest BCUT2D eigenvalue weighted by molar-refractivity contribution is 5.86. The van der Waals surface area contributed by atoms with Crippen molar-refractivity contribution in [1.82, 2.24) is 25.0 Å². The molecule has 1 aromatic carbocycles. The monoisotopic (exact) mass is 449 g/mol. The number of morpholine rings is 1. The third-order valence-corrected chi connectivity index (χ3v) is 5.75. The van der Waals surface area contributed by atoms with Crippen LogP contribution in [0.3, 0.4) is 0 Å². The number of nitrogens with zero attached hydrogens (tertiary/aromatic N) is 4. The van der Waals surface area contributed by atoms with Crippen molar-refractivity contribution in [3.63, 3.8) is 0 Å². The summed E-state index contributed by atoms with van der Waals surface area (Å²) in [6.45, 7) is 9.74. The first-order chi connectivity index (χ1) is 13.8. The van der Waals surface area contributed by atoms with Crippen LogP contribution in [-0.2, 0) is 24.4 Å². The van der Waals surface area contributed by atoms with Gasteiger partial charge in [0.25, 0.3) is 0 Å². The number of pyridine rings is 1. The lowest BCUT2D eigenvalue weighted by molar-refractivity contribution is 0.0342. The number of hydrogen-bond acceptors (Lipinski definition) is 5. The zero-order chi connectivity index (χ0) is 18.9. The maximum absolute atomic E-state index is 5.46. The Labute approximate surface area is 189 Å². The molecule has 30 heavy (non-hydrogen) atoms. The topological polar surface area (TPSA) is 55.2 Å². The highest BCUT2D eigenvalue weighted by atomic mass is 35.5. The number of rotatable bonds is 3. The summed E-state index contributed by atoms with van der Waals surface area (Å²) in [6.07, 6.45) is 1.12. The van der Waals surface area contributed by atoms with E-state index in [1.54, 1.807) is 0 Å². The van der Waals surface area contributed by atoms with Crippen molar-refractivity contribution >= 4 is 35.7 Å². The van der Waals surface area contributed by atoms with Crippen LogP contribution in [0.1, 0.15) is 23.2 Å². The van der Waals surface area contributed by atoms with Crippen LogP contribution in [0.25, 0.3) is 22.3 Å². The normalized spacial score (nSPS) is 17.0. The molecule has 3 aromatic rings. The third kappa shape index (κ3) is 4.79. The summed E-state index contributed by atoms with van der Waals surface area (Å²) in [7, 11) is 0. The van der Waals surface area contributed by atoms with Crippen molar-refractivity contribution in [1.29, 1.82) is 0 Å². The van der Waals surface area contributed by atoms with Gasteiger partial charge in [-0.25, -0.2) is 4.98 Å². The maximum Gasteiger partial charge on any atom is 0.111 e. The molecule has 0 bridgehead atoms. The first-order valence-electron chi connectivity index (χ1n) is 10.2. The van der Waals surface area contributed by atoms with Gasteiger partial charge in [-0.15, -0.1) is 24.8 Å². The van der Waals surface area contributed by atoms with E-state index < -0.39 is 0 Å². The molecular formula is C22H29Cl2N5O. The molecule has 1 saturated heterocycles. The molecule has 0 radical (unpaired) electrons. The Morgan fingerprint density at radius 2 is 1.87 bits per heavy atom. The van der Waals surface area contributed by atoms with Gasteiger partial charge in [-0.3, -0.25) is 9.58 Å². The lowest BCUT2D eigenvalue weighted by Gasteiger charge is -2.26. The van der Waals surface area contributed by atoms with Crippen LogP contribution in [0.2, 0.25) is 0 Å². The third-order valence-electron chi connectivity index (χ3n) is 5.75. The van der Waals surface area contributed by atoms with Crippen LogP contribution in [0.4, 0.5) is 0 Å². The Balaban J connectivity index is 0.00000128. The second kappa shape index (κ2) is 10.1. The minimum absolute atomic E-state index is 0. The van der Waals surface area contributed by atoms with Gasteiger partial charge in [0.15, 0.2) is 0 Å². The van der Waals surface area contributed by atoms with E-state index in [-0.39, 0.29) is 24.8 Å². The average molecular weight is 450 g/mol. The van der Waals surface area contributed by atoms with Crippen LogP contribution >= 0.6 is 24.8 Å². The van der Waals surface area contributed by atoms with E-state index in [9.17, 15) is 0 Å². The van der Waals surface area contributed by atoms with Crippen LogP contribution < -0.4 is 5.32 Å². The zero-order valence-corrected chi connectivity index (χ0v) is 18.9. The van der Waals surface area contributed by atoms with Gasteiger partial charge in [0, 0.05) is 38.1 Å². The highest BCUT2D eigenvalue weighted by Crippen LogP contribution is 2.26. The van der Waals surface area contributed by atoms with E-state index >= 15 is 0 Å². The lowest BCUT2D eigenvalue weighted by Crippen LogP contribution is -2.35. The van der Waals surface area contributed by atoms with Gasteiger partial charge in [-0.2, -0.15) is 5.10 Å².